The molecule has 0 atom stereocenters. The third-order valence-electron chi connectivity index (χ3n) is 1.96. The lowest BCUT2D eigenvalue weighted by Crippen LogP contribution is -2.42. The van der Waals surface area contributed by atoms with Crippen LogP contribution >= 0.6 is 0 Å². The summed E-state index contributed by atoms with van der Waals surface area (Å²) in [5, 5.41) is 0. The zero-order chi connectivity index (χ0) is 9.97. The van der Waals surface area contributed by atoms with Crippen molar-refractivity contribution in [2.75, 3.05) is 18.0 Å². The Morgan fingerprint density at radius 1 is 1.07 bits per heavy atom. The van der Waals surface area contributed by atoms with E-state index in [1.165, 1.54) is 0 Å². The Kier molecular flexibility index (Phi) is 2.22. The minimum absolute atomic E-state index is 0.0450. The van der Waals surface area contributed by atoms with Gasteiger partial charge >= 0.3 is 0 Å². The number of carbonyl (C=O) groups is 2. The number of hydrogen-bond donors (Lipinski definition) is 0. The molecule has 0 N–H and O–H groups in total. The molecule has 0 saturated carbocycles. The molecular weight excluding hydrogens is 182 g/mol. The Labute approximate surface area is 80.8 Å². The van der Waals surface area contributed by atoms with E-state index < -0.39 is 0 Å². The molecule has 0 amide bonds. The number of hydrogen-bond acceptors (Lipinski definition) is 5. The van der Waals surface area contributed by atoms with E-state index in [-0.39, 0.29) is 31.1 Å². The topological polar surface area (TPSA) is 63.2 Å². The van der Waals surface area contributed by atoms with Crippen molar-refractivity contribution < 1.29 is 9.59 Å². The Hall–Kier alpha value is -1.78. The van der Waals surface area contributed by atoms with Gasteiger partial charge in [0.15, 0.2) is 11.6 Å². The van der Waals surface area contributed by atoms with Gasteiger partial charge in [-0.3, -0.25) is 9.59 Å². The monoisotopic (exact) mass is 191 g/mol. The molecule has 0 bridgehead atoms. The third-order valence-corrected chi connectivity index (χ3v) is 1.96. The molecule has 1 saturated heterocycles. The third kappa shape index (κ3) is 1.76. The number of piperidine rings is 1. The number of carbonyl (C=O) groups excluding carboxylic acids is 2. The molecule has 1 aliphatic rings. The van der Waals surface area contributed by atoms with Crippen molar-refractivity contribution in [3.05, 3.63) is 18.5 Å². The normalized spacial score (nSPS) is 17.3. The molecule has 0 aliphatic carbocycles. The van der Waals surface area contributed by atoms with E-state index in [0.29, 0.717) is 5.95 Å². The Balaban J connectivity index is 2.19. The second kappa shape index (κ2) is 3.53. The Morgan fingerprint density at radius 2 is 1.64 bits per heavy atom. The summed E-state index contributed by atoms with van der Waals surface area (Å²) >= 11 is 0. The molecule has 1 aromatic rings. The molecule has 0 radical (unpaired) electrons. The molecule has 2 rings (SSSR count). The molecule has 0 spiro atoms. The molecule has 5 nitrogen and oxygen atoms in total. The van der Waals surface area contributed by atoms with Crippen molar-refractivity contribution in [1.82, 2.24) is 9.97 Å². The van der Waals surface area contributed by atoms with Gasteiger partial charge in [0.1, 0.15) is 0 Å². The molecular formula is C9H9N3O2. The highest BCUT2D eigenvalue weighted by Crippen LogP contribution is 2.09. The standard InChI is InChI=1S/C9H9N3O2/c13-7-4-8(14)6-12(5-7)9-10-2-1-3-11-9/h1-3H,4-6H2. The molecule has 2 heterocycles. The van der Waals surface area contributed by atoms with Crippen LogP contribution in [0.25, 0.3) is 0 Å². The number of ketones is 2. The predicted molar refractivity (Wildman–Crippen MR) is 48.9 cm³/mol. The van der Waals surface area contributed by atoms with Gasteiger partial charge < -0.3 is 4.90 Å². The molecule has 72 valence electrons. The molecule has 1 aromatic heterocycles. The van der Waals surface area contributed by atoms with Crippen molar-refractivity contribution in [1.29, 1.82) is 0 Å². The SMILES string of the molecule is O=C1CC(=O)CN(c2ncccn2)C1. The lowest BCUT2D eigenvalue weighted by atomic mass is 10.1. The Bertz CT molecular complexity index is 348. The van der Waals surface area contributed by atoms with Crippen LogP contribution < -0.4 is 4.90 Å². The largest absolute Gasteiger partial charge is 0.326 e. The van der Waals surface area contributed by atoms with Crippen molar-refractivity contribution >= 4 is 17.5 Å². The number of nitrogens with zero attached hydrogens (tertiary/aromatic N) is 3. The van der Waals surface area contributed by atoms with Crippen LogP contribution in [0.5, 0.6) is 0 Å². The fourth-order valence-electron chi connectivity index (χ4n) is 1.41. The van der Waals surface area contributed by atoms with E-state index >= 15 is 0 Å². The first-order valence-corrected chi connectivity index (χ1v) is 4.31. The van der Waals surface area contributed by atoms with Gasteiger partial charge in [0.05, 0.1) is 19.5 Å². The van der Waals surface area contributed by atoms with E-state index in [1.807, 2.05) is 0 Å². The summed E-state index contributed by atoms with van der Waals surface area (Å²) < 4.78 is 0. The average molecular weight is 191 g/mol. The van der Waals surface area contributed by atoms with Crippen LogP contribution in [0, 0.1) is 0 Å². The fourth-order valence-corrected chi connectivity index (χ4v) is 1.41. The Morgan fingerprint density at radius 3 is 2.21 bits per heavy atom. The zero-order valence-electron chi connectivity index (χ0n) is 7.51. The molecule has 0 aromatic carbocycles. The molecule has 1 aliphatic heterocycles. The fraction of sp³-hybridized carbons (Fsp3) is 0.333. The summed E-state index contributed by atoms with van der Waals surface area (Å²) in [6.45, 7) is 0.464. The van der Waals surface area contributed by atoms with Gasteiger partial charge in [-0.1, -0.05) is 0 Å². The highest BCUT2D eigenvalue weighted by molar-refractivity contribution is 6.05. The van der Waals surface area contributed by atoms with Gasteiger partial charge in [-0.15, -0.1) is 0 Å². The smallest absolute Gasteiger partial charge is 0.226 e. The van der Waals surface area contributed by atoms with E-state index in [9.17, 15) is 9.59 Å². The van der Waals surface area contributed by atoms with Crippen molar-refractivity contribution in [2.45, 2.75) is 6.42 Å². The quantitative estimate of drug-likeness (QED) is 0.576. The summed E-state index contributed by atoms with van der Waals surface area (Å²) in [4.78, 5) is 31.8. The summed E-state index contributed by atoms with van der Waals surface area (Å²) in [5.41, 5.74) is 0. The minimum atomic E-state index is -0.0753. The predicted octanol–water partition coefficient (Wildman–Crippen LogP) is -0.175. The van der Waals surface area contributed by atoms with Crippen LogP contribution in [0.3, 0.4) is 0 Å². The first kappa shape index (κ1) is 8.80. The van der Waals surface area contributed by atoms with Crippen LogP contribution in [0.15, 0.2) is 18.5 Å². The minimum Gasteiger partial charge on any atom is -0.326 e. The average Bonchev–Trinajstić information content (AvgIpc) is 2.18. The maximum absolute atomic E-state index is 11.1. The summed E-state index contributed by atoms with van der Waals surface area (Å²) in [7, 11) is 0. The van der Waals surface area contributed by atoms with Crippen LogP contribution in [0.2, 0.25) is 0 Å². The van der Waals surface area contributed by atoms with Gasteiger partial charge in [-0.25, -0.2) is 9.97 Å². The van der Waals surface area contributed by atoms with Crippen molar-refractivity contribution in [3.8, 4) is 0 Å². The van der Waals surface area contributed by atoms with Gasteiger partial charge in [-0.05, 0) is 6.07 Å². The van der Waals surface area contributed by atoms with Gasteiger partial charge in [0, 0.05) is 12.4 Å². The van der Waals surface area contributed by atoms with E-state index in [0.717, 1.165) is 0 Å². The first-order chi connectivity index (χ1) is 6.75. The summed E-state index contributed by atoms with van der Waals surface area (Å²) in [6, 6.07) is 1.69. The number of aromatic nitrogens is 2. The number of rotatable bonds is 1. The highest BCUT2D eigenvalue weighted by atomic mass is 16.2. The number of Topliss-reactive ketones (excluding diaryl/α,β-unsaturated/α-hetero) is 2. The first-order valence-electron chi connectivity index (χ1n) is 4.31. The van der Waals surface area contributed by atoms with Gasteiger partial charge in [0.2, 0.25) is 5.95 Å². The highest BCUT2D eigenvalue weighted by Gasteiger charge is 2.24. The maximum Gasteiger partial charge on any atom is 0.226 e. The molecule has 14 heavy (non-hydrogen) atoms. The lowest BCUT2D eigenvalue weighted by Gasteiger charge is -2.24. The van der Waals surface area contributed by atoms with Gasteiger partial charge in [-0.2, -0.15) is 0 Å². The molecule has 1 fully saturated rings. The second-order valence-electron chi connectivity index (χ2n) is 3.16. The zero-order valence-corrected chi connectivity index (χ0v) is 7.51. The van der Waals surface area contributed by atoms with E-state index in [2.05, 4.69) is 9.97 Å². The van der Waals surface area contributed by atoms with E-state index in [1.54, 1.807) is 23.4 Å². The lowest BCUT2D eigenvalue weighted by molar-refractivity contribution is -0.127. The molecule has 5 heteroatoms. The van der Waals surface area contributed by atoms with Crippen LogP contribution in [-0.2, 0) is 9.59 Å². The van der Waals surface area contributed by atoms with Crippen LogP contribution in [-0.4, -0.2) is 34.6 Å². The number of anilines is 1. The van der Waals surface area contributed by atoms with Crippen LogP contribution in [0.4, 0.5) is 5.95 Å². The molecule has 0 unspecified atom stereocenters. The van der Waals surface area contributed by atoms with Crippen LogP contribution in [0.1, 0.15) is 6.42 Å². The summed E-state index contributed by atoms with van der Waals surface area (Å²) in [5.74, 6) is 0.288. The maximum atomic E-state index is 11.1. The van der Waals surface area contributed by atoms with Gasteiger partial charge in [0.25, 0.3) is 0 Å². The van der Waals surface area contributed by atoms with Crippen molar-refractivity contribution in [2.24, 2.45) is 0 Å². The van der Waals surface area contributed by atoms with Crippen molar-refractivity contribution in [3.63, 3.8) is 0 Å². The second-order valence-corrected chi connectivity index (χ2v) is 3.16. The summed E-state index contributed by atoms with van der Waals surface area (Å²) in [6.07, 6.45) is 3.22. The van der Waals surface area contributed by atoms with E-state index in [4.69, 9.17) is 0 Å².